The Balaban J connectivity index is 0.000000749. The summed E-state index contributed by atoms with van der Waals surface area (Å²) in [5.74, 6) is -0.315. The highest BCUT2D eigenvalue weighted by molar-refractivity contribution is 5.66. The molecule has 0 fully saturated rings. The monoisotopic (exact) mass is 392 g/mol. The molecular formula is C25H44O3. The molecule has 1 aromatic carbocycles. The van der Waals surface area contributed by atoms with Crippen molar-refractivity contribution in [2.75, 3.05) is 0 Å². The molecule has 3 nitrogen and oxygen atoms in total. The molecule has 0 saturated heterocycles. The maximum Gasteiger partial charge on any atom is 0.303 e. The highest BCUT2D eigenvalue weighted by Gasteiger charge is 1.97. The van der Waals surface area contributed by atoms with Gasteiger partial charge < -0.3 is 10.2 Å². The Morgan fingerprint density at radius 1 is 0.750 bits per heavy atom. The van der Waals surface area contributed by atoms with Crippen molar-refractivity contribution in [1.29, 1.82) is 0 Å². The van der Waals surface area contributed by atoms with Gasteiger partial charge in [0.2, 0.25) is 0 Å². The van der Waals surface area contributed by atoms with Crippen LogP contribution < -0.4 is 0 Å². The second-order valence-electron chi connectivity index (χ2n) is 7.93. The van der Waals surface area contributed by atoms with Crippen molar-refractivity contribution < 1.29 is 15.0 Å². The van der Waals surface area contributed by atoms with Crippen LogP contribution in [0.1, 0.15) is 115 Å². The molecule has 0 radical (unpaired) electrons. The fraction of sp³-hybridized carbons (Fsp3) is 0.720. The van der Waals surface area contributed by atoms with Gasteiger partial charge in [0, 0.05) is 6.42 Å². The summed E-state index contributed by atoms with van der Waals surface area (Å²) in [6, 6.07) is 7.15. The highest BCUT2D eigenvalue weighted by atomic mass is 16.4. The number of carboxylic acid groups (broad SMARTS) is 1. The van der Waals surface area contributed by atoms with Gasteiger partial charge in [-0.05, 0) is 31.0 Å². The SMILES string of the molecule is CCCCCCCCCCCCCCCCCC(=O)O.Cc1cccc(O)c1. The molecule has 0 amide bonds. The van der Waals surface area contributed by atoms with E-state index in [1.807, 2.05) is 19.1 Å². The summed E-state index contributed by atoms with van der Waals surface area (Å²) in [4.78, 5) is 10.3. The van der Waals surface area contributed by atoms with Crippen LogP contribution >= 0.6 is 0 Å². The van der Waals surface area contributed by atoms with Gasteiger partial charge in [0.05, 0.1) is 0 Å². The number of unbranched alkanes of at least 4 members (excludes halogenated alkanes) is 14. The van der Waals surface area contributed by atoms with Gasteiger partial charge in [-0.1, -0.05) is 109 Å². The normalized spacial score (nSPS) is 10.4. The van der Waals surface area contributed by atoms with Gasteiger partial charge in [0.25, 0.3) is 0 Å². The van der Waals surface area contributed by atoms with Crippen LogP contribution in [0.25, 0.3) is 0 Å². The molecule has 0 heterocycles. The quantitative estimate of drug-likeness (QED) is 0.280. The van der Waals surface area contributed by atoms with Crippen LogP contribution in [0.5, 0.6) is 5.75 Å². The number of phenols is 1. The van der Waals surface area contributed by atoms with Crippen molar-refractivity contribution in [3.63, 3.8) is 0 Å². The highest BCUT2D eigenvalue weighted by Crippen LogP contribution is 2.13. The smallest absolute Gasteiger partial charge is 0.303 e. The zero-order valence-electron chi connectivity index (χ0n) is 18.4. The molecule has 0 unspecified atom stereocenters. The van der Waals surface area contributed by atoms with E-state index in [9.17, 15) is 4.79 Å². The largest absolute Gasteiger partial charge is 0.508 e. The fourth-order valence-corrected chi connectivity index (χ4v) is 3.28. The molecule has 0 aliphatic carbocycles. The van der Waals surface area contributed by atoms with Crippen LogP contribution in [-0.4, -0.2) is 16.2 Å². The second kappa shape index (κ2) is 20.2. The Morgan fingerprint density at radius 2 is 1.18 bits per heavy atom. The van der Waals surface area contributed by atoms with E-state index in [2.05, 4.69) is 6.92 Å². The number of carbonyl (C=O) groups is 1. The van der Waals surface area contributed by atoms with Gasteiger partial charge in [-0.25, -0.2) is 0 Å². The van der Waals surface area contributed by atoms with Crippen molar-refractivity contribution in [3.8, 4) is 5.75 Å². The lowest BCUT2D eigenvalue weighted by Gasteiger charge is -2.03. The number of hydrogen-bond donors (Lipinski definition) is 2. The standard InChI is InChI=1S/C18H36O2.C7H8O/c1-2-3-4-5-6-7-8-9-10-11-12-13-14-15-16-17-18(19)20;1-6-3-2-4-7(8)5-6/h2-17H2,1H3,(H,19,20);2-5,8H,1H3. The Morgan fingerprint density at radius 3 is 1.50 bits per heavy atom. The number of hydrogen-bond acceptors (Lipinski definition) is 2. The van der Waals surface area contributed by atoms with E-state index in [0.717, 1.165) is 18.4 Å². The van der Waals surface area contributed by atoms with Crippen molar-refractivity contribution in [1.82, 2.24) is 0 Å². The van der Waals surface area contributed by atoms with Gasteiger partial charge in [0.1, 0.15) is 5.75 Å². The predicted octanol–water partition coefficient (Wildman–Crippen LogP) is 8.03. The molecule has 162 valence electrons. The van der Waals surface area contributed by atoms with Crippen LogP contribution in [0.2, 0.25) is 0 Å². The molecule has 2 N–H and O–H groups in total. The van der Waals surface area contributed by atoms with Crippen LogP contribution in [0.15, 0.2) is 24.3 Å². The van der Waals surface area contributed by atoms with Gasteiger partial charge in [-0.3, -0.25) is 4.79 Å². The third-order valence-corrected chi connectivity index (χ3v) is 5.00. The first-order chi connectivity index (χ1) is 13.6. The maximum absolute atomic E-state index is 10.3. The van der Waals surface area contributed by atoms with E-state index in [-0.39, 0.29) is 0 Å². The molecule has 0 aliphatic rings. The van der Waals surface area contributed by atoms with E-state index in [1.165, 1.54) is 83.5 Å². The zero-order valence-corrected chi connectivity index (χ0v) is 18.4. The predicted molar refractivity (Wildman–Crippen MR) is 120 cm³/mol. The maximum atomic E-state index is 10.3. The average molecular weight is 393 g/mol. The van der Waals surface area contributed by atoms with Gasteiger partial charge >= 0.3 is 5.97 Å². The van der Waals surface area contributed by atoms with Gasteiger partial charge in [0.15, 0.2) is 0 Å². The number of carboxylic acids is 1. The Kier molecular flexibility index (Phi) is 19.1. The summed E-state index contributed by atoms with van der Waals surface area (Å²) in [7, 11) is 0. The van der Waals surface area contributed by atoms with Crippen molar-refractivity contribution in [2.45, 2.75) is 117 Å². The molecule has 0 atom stereocenters. The Hall–Kier alpha value is -1.51. The minimum Gasteiger partial charge on any atom is -0.508 e. The van der Waals surface area contributed by atoms with E-state index in [0.29, 0.717) is 12.2 Å². The lowest BCUT2D eigenvalue weighted by Crippen LogP contribution is -1.93. The average Bonchev–Trinajstić information content (AvgIpc) is 2.65. The number of aromatic hydroxyl groups is 1. The molecule has 1 rings (SSSR count). The second-order valence-corrected chi connectivity index (χ2v) is 7.93. The first kappa shape index (κ1) is 26.5. The first-order valence-electron chi connectivity index (χ1n) is 11.5. The third kappa shape index (κ3) is 20.8. The summed E-state index contributed by atoms with van der Waals surface area (Å²) >= 11 is 0. The van der Waals surface area contributed by atoms with E-state index in [4.69, 9.17) is 10.2 Å². The Bertz CT molecular complexity index is 453. The number of phenolic OH excluding ortho intramolecular Hbond substituents is 1. The fourth-order valence-electron chi connectivity index (χ4n) is 3.28. The van der Waals surface area contributed by atoms with Crippen LogP contribution in [0.4, 0.5) is 0 Å². The summed E-state index contributed by atoms with van der Waals surface area (Å²) < 4.78 is 0. The zero-order chi connectivity index (χ0) is 20.9. The molecule has 0 aliphatic heterocycles. The molecule has 3 heteroatoms. The minimum atomic E-state index is -0.653. The number of benzene rings is 1. The molecule has 0 spiro atoms. The summed E-state index contributed by atoms with van der Waals surface area (Å²) in [5, 5.41) is 17.3. The molecule has 1 aromatic rings. The van der Waals surface area contributed by atoms with Crippen LogP contribution in [-0.2, 0) is 4.79 Å². The van der Waals surface area contributed by atoms with Crippen LogP contribution in [0.3, 0.4) is 0 Å². The van der Waals surface area contributed by atoms with Crippen molar-refractivity contribution >= 4 is 5.97 Å². The number of aliphatic carboxylic acids is 1. The van der Waals surface area contributed by atoms with Gasteiger partial charge in [-0.2, -0.15) is 0 Å². The molecule has 0 saturated carbocycles. The van der Waals surface area contributed by atoms with Crippen molar-refractivity contribution in [3.05, 3.63) is 29.8 Å². The molecule has 0 aromatic heterocycles. The number of rotatable bonds is 16. The number of aryl methyl sites for hydroxylation is 1. The summed E-state index contributed by atoms with van der Waals surface area (Å²) in [6.07, 6.45) is 20.2. The third-order valence-electron chi connectivity index (χ3n) is 5.00. The van der Waals surface area contributed by atoms with E-state index >= 15 is 0 Å². The lowest BCUT2D eigenvalue weighted by atomic mass is 10.0. The minimum absolute atomic E-state index is 0.338. The van der Waals surface area contributed by atoms with E-state index < -0.39 is 5.97 Å². The van der Waals surface area contributed by atoms with Crippen LogP contribution in [0, 0.1) is 6.92 Å². The molecule has 0 bridgehead atoms. The Labute approximate surface area is 173 Å². The first-order valence-corrected chi connectivity index (χ1v) is 11.5. The van der Waals surface area contributed by atoms with E-state index in [1.54, 1.807) is 12.1 Å². The topological polar surface area (TPSA) is 57.5 Å². The van der Waals surface area contributed by atoms with Gasteiger partial charge in [-0.15, -0.1) is 0 Å². The summed E-state index contributed by atoms with van der Waals surface area (Å²) in [6.45, 7) is 4.21. The summed E-state index contributed by atoms with van der Waals surface area (Å²) in [5.41, 5.74) is 1.09. The molecular weight excluding hydrogens is 348 g/mol. The van der Waals surface area contributed by atoms with Crippen molar-refractivity contribution in [2.24, 2.45) is 0 Å². The lowest BCUT2D eigenvalue weighted by molar-refractivity contribution is -0.137. The molecule has 28 heavy (non-hydrogen) atoms.